The molecule has 0 saturated carbocycles. The van der Waals surface area contributed by atoms with E-state index in [0.717, 1.165) is 10.8 Å². The number of hydrogen-bond donors (Lipinski definition) is 1. The lowest BCUT2D eigenvalue weighted by molar-refractivity contribution is -0.142. The van der Waals surface area contributed by atoms with E-state index in [0.29, 0.717) is 11.5 Å². The van der Waals surface area contributed by atoms with E-state index in [1.807, 2.05) is 36.4 Å². The van der Waals surface area contributed by atoms with Crippen LogP contribution in [0.4, 0.5) is 0 Å². The number of fused-ring (bicyclic) bond motifs is 1. The number of carbonyl (C=O) groups excluding carboxylic acids is 1. The van der Waals surface area contributed by atoms with Gasteiger partial charge in [0.15, 0.2) is 0 Å². The molecule has 5 heteroatoms. The molecule has 4 nitrogen and oxygen atoms in total. The zero-order chi connectivity index (χ0) is 16.2. The third kappa shape index (κ3) is 4.24. The number of ether oxygens (including phenoxy) is 1. The molecule has 2 aromatic rings. The SMILES string of the molecule is CC(C)(CSCC(=O)O)C(=O)Oc1ccc2ccccc2c1. The Kier molecular flexibility index (Phi) is 5.08. The molecule has 0 aliphatic rings. The van der Waals surface area contributed by atoms with Crippen LogP contribution in [0.1, 0.15) is 13.8 Å². The van der Waals surface area contributed by atoms with Crippen molar-refractivity contribution in [2.24, 2.45) is 5.41 Å². The van der Waals surface area contributed by atoms with Gasteiger partial charge >= 0.3 is 11.9 Å². The smallest absolute Gasteiger partial charge is 0.317 e. The maximum Gasteiger partial charge on any atom is 0.317 e. The van der Waals surface area contributed by atoms with Crippen molar-refractivity contribution in [2.45, 2.75) is 13.8 Å². The number of aliphatic carboxylic acids is 1. The molecule has 1 N–H and O–H groups in total. The van der Waals surface area contributed by atoms with Crippen molar-refractivity contribution in [1.29, 1.82) is 0 Å². The van der Waals surface area contributed by atoms with Gasteiger partial charge in [-0.05, 0) is 36.8 Å². The molecule has 0 spiro atoms. The highest BCUT2D eigenvalue weighted by Crippen LogP contribution is 2.26. The van der Waals surface area contributed by atoms with Gasteiger partial charge in [0.1, 0.15) is 5.75 Å². The molecule has 0 bridgehead atoms. The van der Waals surface area contributed by atoms with Gasteiger partial charge in [0, 0.05) is 5.75 Å². The van der Waals surface area contributed by atoms with Crippen molar-refractivity contribution >= 4 is 34.5 Å². The maximum atomic E-state index is 12.3. The largest absolute Gasteiger partial charge is 0.481 e. The van der Waals surface area contributed by atoms with Crippen molar-refractivity contribution in [1.82, 2.24) is 0 Å². The Hall–Kier alpha value is -2.01. The summed E-state index contributed by atoms with van der Waals surface area (Å²) < 4.78 is 5.45. The molecule has 116 valence electrons. The second kappa shape index (κ2) is 6.83. The van der Waals surface area contributed by atoms with E-state index >= 15 is 0 Å². The summed E-state index contributed by atoms with van der Waals surface area (Å²) in [5, 5.41) is 10.7. The van der Waals surface area contributed by atoms with Crippen LogP contribution >= 0.6 is 11.8 Å². The molecular formula is C17H18O4S. The van der Waals surface area contributed by atoms with Crippen molar-refractivity contribution in [2.75, 3.05) is 11.5 Å². The minimum atomic E-state index is -0.885. The van der Waals surface area contributed by atoms with Crippen LogP contribution in [0.5, 0.6) is 5.75 Å². The van der Waals surface area contributed by atoms with Crippen LogP contribution in [0, 0.1) is 5.41 Å². The number of carboxylic acid groups (broad SMARTS) is 1. The van der Waals surface area contributed by atoms with Crippen molar-refractivity contribution in [3.8, 4) is 5.75 Å². The van der Waals surface area contributed by atoms with Gasteiger partial charge < -0.3 is 9.84 Å². The Morgan fingerprint density at radius 2 is 1.82 bits per heavy atom. The summed E-state index contributed by atoms with van der Waals surface area (Å²) in [6.07, 6.45) is 0. The van der Waals surface area contributed by atoms with Gasteiger partial charge in [0.2, 0.25) is 0 Å². The summed E-state index contributed by atoms with van der Waals surface area (Å²) in [6, 6.07) is 13.3. The quantitative estimate of drug-likeness (QED) is 0.651. The molecule has 2 aromatic carbocycles. The third-order valence-electron chi connectivity index (χ3n) is 3.17. The molecule has 0 aliphatic carbocycles. The van der Waals surface area contributed by atoms with Gasteiger partial charge in [0.25, 0.3) is 0 Å². The summed E-state index contributed by atoms with van der Waals surface area (Å²) in [5.74, 6) is -0.373. The molecular weight excluding hydrogens is 300 g/mol. The number of hydrogen-bond acceptors (Lipinski definition) is 4. The molecule has 0 fully saturated rings. The first-order valence-electron chi connectivity index (χ1n) is 6.89. The van der Waals surface area contributed by atoms with Gasteiger partial charge in [-0.15, -0.1) is 11.8 Å². The van der Waals surface area contributed by atoms with Gasteiger partial charge in [-0.2, -0.15) is 0 Å². The molecule has 2 rings (SSSR count). The highest BCUT2D eigenvalue weighted by Gasteiger charge is 2.30. The van der Waals surface area contributed by atoms with E-state index in [-0.39, 0.29) is 11.7 Å². The average molecular weight is 318 g/mol. The fourth-order valence-corrected chi connectivity index (χ4v) is 2.83. The number of benzene rings is 2. The van der Waals surface area contributed by atoms with Gasteiger partial charge in [-0.1, -0.05) is 30.3 Å². The molecule has 0 atom stereocenters. The van der Waals surface area contributed by atoms with E-state index in [4.69, 9.17) is 9.84 Å². The zero-order valence-electron chi connectivity index (χ0n) is 12.5. The Balaban J connectivity index is 2.04. The van der Waals surface area contributed by atoms with E-state index in [9.17, 15) is 9.59 Å². The van der Waals surface area contributed by atoms with Crippen LogP contribution in [-0.4, -0.2) is 28.6 Å². The molecule has 0 unspecified atom stereocenters. The molecule has 0 aliphatic heterocycles. The first-order valence-corrected chi connectivity index (χ1v) is 8.04. The Morgan fingerprint density at radius 3 is 2.50 bits per heavy atom. The third-order valence-corrected chi connectivity index (χ3v) is 4.55. The van der Waals surface area contributed by atoms with Crippen LogP contribution in [0.3, 0.4) is 0 Å². The standard InChI is InChI=1S/C17H18O4S/c1-17(2,11-22-10-15(18)19)16(20)21-14-8-7-12-5-3-4-6-13(12)9-14/h3-9H,10-11H2,1-2H3,(H,18,19). The van der Waals surface area contributed by atoms with E-state index < -0.39 is 11.4 Å². The molecule has 0 aromatic heterocycles. The summed E-state index contributed by atoms with van der Waals surface area (Å²) in [6.45, 7) is 3.51. The number of esters is 1. The van der Waals surface area contributed by atoms with E-state index in [1.54, 1.807) is 19.9 Å². The number of thioether (sulfide) groups is 1. The molecule has 0 amide bonds. The fourth-order valence-electron chi connectivity index (χ4n) is 1.93. The normalized spacial score (nSPS) is 11.4. The zero-order valence-corrected chi connectivity index (χ0v) is 13.4. The molecule has 22 heavy (non-hydrogen) atoms. The van der Waals surface area contributed by atoms with Crippen molar-refractivity contribution in [3.63, 3.8) is 0 Å². The van der Waals surface area contributed by atoms with Gasteiger partial charge in [0.05, 0.1) is 11.2 Å². The van der Waals surface area contributed by atoms with E-state index in [1.165, 1.54) is 11.8 Å². The molecule has 0 saturated heterocycles. The lowest BCUT2D eigenvalue weighted by Crippen LogP contribution is -2.31. The predicted octanol–water partition coefficient (Wildman–Crippen LogP) is 3.59. The van der Waals surface area contributed by atoms with Crippen molar-refractivity contribution in [3.05, 3.63) is 42.5 Å². The monoisotopic (exact) mass is 318 g/mol. The molecule has 0 radical (unpaired) electrons. The number of carbonyl (C=O) groups is 2. The lowest BCUT2D eigenvalue weighted by Gasteiger charge is -2.21. The van der Waals surface area contributed by atoms with Crippen molar-refractivity contribution < 1.29 is 19.4 Å². The summed E-state index contributed by atoms with van der Waals surface area (Å²) >= 11 is 1.21. The second-order valence-corrected chi connectivity index (χ2v) is 6.65. The van der Waals surface area contributed by atoms with Crippen LogP contribution < -0.4 is 4.74 Å². The van der Waals surface area contributed by atoms with Crippen LogP contribution in [0.15, 0.2) is 42.5 Å². The first kappa shape index (κ1) is 16.4. The lowest BCUT2D eigenvalue weighted by atomic mass is 9.97. The summed E-state index contributed by atoms with van der Waals surface area (Å²) in [5.41, 5.74) is -0.744. The predicted molar refractivity (Wildman–Crippen MR) is 88.3 cm³/mol. The minimum Gasteiger partial charge on any atom is -0.481 e. The van der Waals surface area contributed by atoms with Crippen LogP contribution in [0.2, 0.25) is 0 Å². The highest BCUT2D eigenvalue weighted by molar-refractivity contribution is 7.99. The van der Waals surface area contributed by atoms with Gasteiger partial charge in [-0.3, -0.25) is 9.59 Å². The number of rotatable bonds is 6. The fraction of sp³-hybridized carbons (Fsp3) is 0.294. The Morgan fingerprint density at radius 1 is 1.14 bits per heavy atom. The minimum absolute atomic E-state index is 0.0211. The maximum absolute atomic E-state index is 12.3. The van der Waals surface area contributed by atoms with E-state index in [2.05, 4.69) is 0 Å². The topological polar surface area (TPSA) is 63.6 Å². The Labute approximate surface area is 133 Å². The van der Waals surface area contributed by atoms with Gasteiger partial charge in [-0.25, -0.2) is 0 Å². The second-order valence-electron chi connectivity index (χ2n) is 5.67. The summed E-state index contributed by atoms with van der Waals surface area (Å²) in [7, 11) is 0. The first-order chi connectivity index (χ1) is 10.4. The van der Waals surface area contributed by atoms with Crippen LogP contribution in [-0.2, 0) is 9.59 Å². The Bertz CT molecular complexity index is 694. The number of carboxylic acids is 1. The molecule has 0 heterocycles. The average Bonchev–Trinajstić information content (AvgIpc) is 2.46. The van der Waals surface area contributed by atoms with Crippen LogP contribution in [0.25, 0.3) is 10.8 Å². The highest BCUT2D eigenvalue weighted by atomic mass is 32.2. The summed E-state index contributed by atoms with van der Waals surface area (Å²) in [4.78, 5) is 22.8.